The molecule has 2 heteroatoms. The highest BCUT2D eigenvalue weighted by Crippen LogP contribution is 2.34. The Balaban J connectivity index is 2.30. The van der Waals surface area contributed by atoms with E-state index in [4.69, 9.17) is 5.26 Å². The monoisotopic (exact) mass is 194 g/mol. The lowest BCUT2D eigenvalue weighted by Crippen LogP contribution is -2.07. The maximum Gasteiger partial charge on any atom is 0.0871 e. The molecule has 0 bridgehead atoms. The first-order valence-electron chi connectivity index (χ1n) is 5.10. The van der Waals surface area contributed by atoms with Crippen molar-refractivity contribution in [3.63, 3.8) is 0 Å². The number of para-hydroxylation sites is 1. The zero-order valence-corrected chi connectivity index (χ0v) is 8.25. The fraction of sp³-hybridized carbons (Fsp3) is 0.231. The summed E-state index contributed by atoms with van der Waals surface area (Å²) in [6, 6.07) is 10.5. The van der Waals surface area contributed by atoms with Crippen LogP contribution in [0.25, 0.3) is 10.9 Å². The molecule has 3 rings (SSSR count). The molecule has 2 aromatic rings. The Morgan fingerprint density at radius 2 is 2.27 bits per heavy atom. The number of rotatable bonds is 0. The maximum atomic E-state index is 9.05. The number of nitrogens with one attached hydrogen (secondary N) is 1. The minimum absolute atomic E-state index is 0.0406. The number of aromatic amines is 1. The van der Waals surface area contributed by atoms with Gasteiger partial charge in [-0.3, -0.25) is 0 Å². The molecule has 1 heterocycles. The Morgan fingerprint density at radius 3 is 3.13 bits per heavy atom. The van der Waals surface area contributed by atoms with Crippen molar-refractivity contribution in [3.05, 3.63) is 41.9 Å². The van der Waals surface area contributed by atoms with E-state index in [1.165, 1.54) is 10.9 Å². The zero-order chi connectivity index (χ0) is 10.3. The fourth-order valence-corrected chi connectivity index (χ4v) is 2.26. The standard InChI is InChI=1S/C13H10N2/c14-8-9-4-3-6-11-10-5-1-2-7-12(10)15-13(9)11/h1-2,5,7,9,15H,4,6H2. The SMILES string of the molecule is N#CC1C[C]Cc2c1[nH]c1ccccc21. The van der Waals surface area contributed by atoms with E-state index >= 15 is 0 Å². The van der Waals surface area contributed by atoms with E-state index in [-0.39, 0.29) is 5.92 Å². The molecule has 15 heavy (non-hydrogen) atoms. The summed E-state index contributed by atoms with van der Waals surface area (Å²) >= 11 is 0. The summed E-state index contributed by atoms with van der Waals surface area (Å²) in [7, 11) is 0. The molecule has 2 radical (unpaired) electrons. The van der Waals surface area contributed by atoms with Gasteiger partial charge in [0, 0.05) is 16.6 Å². The first kappa shape index (κ1) is 8.55. The molecule has 1 atom stereocenters. The van der Waals surface area contributed by atoms with Gasteiger partial charge >= 0.3 is 0 Å². The highest BCUT2D eigenvalue weighted by Gasteiger charge is 2.23. The zero-order valence-electron chi connectivity index (χ0n) is 8.25. The third kappa shape index (κ3) is 1.16. The van der Waals surface area contributed by atoms with Crippen molar-refractivity contribution in [2.45, 2.75) is 18.8 Å². The van der Waals surface area contributed by atoms with Gasteiger partial charge in [0.15, 0.2) is 0 Å². The van der Waals surface area contributed by atoms with Gasteiger partial charge in [0.05, 0.1) is 12.0 Å². The molecule has 0 aliphatic heterocycles. The van der Waals surface area contributed by atoms with Crippen molar-refractivity contribution in [1.82, 2.24) is 4.98 Å². The van der Waals surface area contributed by atoms with Crippen LogP contribution >= 0.6 is 0 Å². The molecular weight excluding hydrogens is 184 g/mol. The Bertz CT molecular complexity index is 545. The van der Waals surface area contributed by atoms with Crippen LogP contribution < -0.4 is 0 Å². The maximum absolute atomic E-state index is 9.05. The van der Waals surface area contributed by atoms with Crippen molar-refractivity contribution < 1.29 is 0 Å². The van der Waals surface area contributed by atoms with Crippen LogP contribution in [0.2, 0.25) is 0 Å². The number of nitrogens with zero attached hydrogens (tertiary/aromatic N) is 1. The van der Waals surface area contributed by atoms with Crippen LogP contribution in [-0.4, -0.2) is 4.98 Å². The van der Waals surface area contributed by atoms with E-state index in [1.807, 2.05) is 12.1 Å². The van der Waals surface area contributed by atoms with Crippen molar-refractivity contribution in [2.24, 2.45) is 0 Å². The van der Waals surface area contributed by atoms with Crippen LogP contribution in [0, 0.1) is 17.8 Å². The number of aromatic nitrogens is 1. The van der Waals surface area contributed by atoms with Gasteiger partial charge in [-0.1, -0.05) is 18.2 Å². The Hall–Kier alpha value is -1.75. The second-order valence-corrected chi connectivity index (χ2v) is 3.88. The molecule has 0 saturated carbocycles. The predicted molar refractivity (Wildman–Crippen MR) is 58.2 cm³/mol. The van der Waals surface area contributed by atoms with E-state index in [9.17, 15) is 0 Å². The van der Waals surface area contributed by atoms with Gasteiger partial charge in [-0.2, -0.15) is 5.26 Å². The predicted octanol–water partition coefficient (Wildman–Crippen LogP) is 2.80. The molecule has 0 amide bonds. The molecule has 1 unspecified atom stereocenters. The highest BCUT2D eigenvalue weighted by molar-refractivity contribution is 5.85. The van der Waals surface area contributed by atoms with Crippen molar-refractivity contribution in [1.29, 1.82) is 5.26 Å². The van der Waals surface area contributed by atoms with Gasteiger partial charge in [0.1, 0.15) is 0 Å². The second kappa shape index (κ2) is 3.13. The van der Waals surface area contributed by atoms with E-state index in [1.54, 1.807) is 0 Å². The second-order valence-electron chi connectivity index (χ2n) is 3.88. The summed E-state index contributed by atoms with van der Waals surface area (Å²) in [6.07, 6.45) is 4.88. The van der Waals surface area contributed by atoms with Gasteiger partial charge in [-0.25, -0.2) is 0 Å². The molecule has 2 nitrogen and oxygen atoms in total. The van der Waals surface area contributed by atoms with E-state index in [0.29, 0.717) is 0 Å². The molecule has 0 fully saturated rings. The summed E-state index contributed by atoms with van der Waals surface area (Å²) < 4.78 is 0. The summed E-state index contributed by atoms with van der Waals surface area (Å²) in [5.41, 5.74) is 3.48. The largest absolute Gasteiger partial charge is 0.357 e. The number of fused-ring (bicyclic) bond motifs is 3. The third-order valence-electron chi connectivity index (χ3n) is 3.00. The molecule has 0 spiro atoms. The number of hydrogen-bond donors (Lipinski definition) is 1. The fourth-order valence-electron chi connectivity index (χ4n) is 2.26. The quantitative estimate of drug-likeness (QED) is 0.688. The topological polar surface area (TPSA) is 39.6 Å². The van der Waals surface area contributed by atoms with Gasteiger partial charge in [-0.05, 0) is 30.9 Å². The number of nitriles is 1. The molecule has 1 aromatic heterocycles. The summed E-state index contributed by atoms with van der Waals surface area (Å²) in [4.78, 5) is 3.35. The van der Waals surface area contributed by atoms with Crippen molar-refractivity contribution in [3.8, 4) is 6.07 Å². The first-order valence-corrected chi connectivity index (χ1v) is 5.10. The lowest BCUT2D eigenvalue weighted by Gasteiger charge is -2.15. The minimum atomic E-state index is -0.0406. The van der Waals surface area contributed by atoms with Crippen molar-refractivity contribution in [2.75, 3.05) is 0 Å². The molecule has 1 aliphatic rings. The summed E-state index contributed by atoms with van der Waals surface area (Å²) in [5, 5.41) is 10.3. The van der Waals surface area contributed by atoms with Crippen LogP contribution in [0.1, 0.15) is 23.6 Å². The summed E-state index contributed by atoms with van der Waals surface area (Å²) in [5.74, 6) is -0.0406. The third-order valence-corrected chi connectivity index (χ3v) is 3.00. The lowest BCUT2D eigenvalue weighted by molar-refractivity contribution is 0.741. The van der Waals surface area contributed by atoms with Gasteiger partial charge in [0.2, 0.25) is 0 Å². The van der Waals surface area contributed by atoms with Gasteiger partial charge < -0.3 is 4.98 Å². The Labute approximate surface area is 88.5 Å². The number of hydrogen-bond acceptors (Lipinski definition) is 1. The smallest absolute Gasteiger partial charge is 0.0871 e. The average molecular weight is 194 g/mol. The van der Waals surface area contributed by atoms with Crippen molar-refractivity contribution >= 4 is 10.9 Å². The van der Waals surface area contributed by atoms with E-state index in [0.717, 1.165) is 24.1 Å². The van der Waals surface area contributed by atoms with Crippen LogP contribution in [-0.2, 0) is 6.42 Å². The molecule has 1 aromatic carbocycles. The molecular formula is C13H10N2. The molecule has 72 valence electrons. The van der Waals surface area contributed by atoms with E-state index in [2.05, 4.69) is 29.6 Å². The van der Waals surface area contributed by atoms with Crippen LogP contribution in [0.5, 0.6) is 0 Å². The minimum Gasteiger partial charge on any atom is -0.357 e. The van der Waals surface area contributed by atoms with Gasteiger partial charge in [-0.15, -0.1) is 0 Å². The summed E-state index contributed by atoms with van der Waals surface area (Å²) in [6.45, 7) is 0. The Morgan fingerprint density at radius 1 is 1.40 bits per heavy atom. The average Bonchev–Trinajstić information content (AvgIpc) is 2.67. The van der Waals surface area contributed by atoms with Crippen LogP contribution in [0.3, 0.4) is 0 Å². The first-order chi connectivity index (χ1) is 7.40. The molecule has 1 aliphatic carbocycles. The number of H-pyrrole nitrogens is 1. The van der Waals surface area contributed by atoms with Crippen LogP contribution in [0.15, 0.2) is 24.3 Å². The molecule has 1 N–H and O–H groups in total. The van der Waals surface area contributed by atoms with Gasteiger partial charge in [0.25, 0.3) is 0 Å². The van der Waals surface area contributed by atoms with E-state index < -0.39 is 0 Å². The number of benzene rings is 1. The lowest BCUT2D eigenvalue weighted by atomic mass is 9.88. The van der Waals surface area contributed by atoms with Crippen LogP contribution in [0.4, 0.5) is 0 Å². The highest BCUT2D eigenvalue weighted by atomic mass is 14.7. The molecule has 0 saturated heterocycles. The Kier molecular flexibility index (Phi) is 1.78. The normalized spacial score (nSPS) is 19.8.